The Morgan fingerprint density at radius 3 is 2.83 bits per heavy atom. The van der Waals surface area contributed by atoms with Crippen molar-refractivity contribution in [1.82, 2.24) is 10.2 Å². The second-order valence-corrected chi connectivity index (χ2v) is 6.91. The van der Waals surface area contributed by atoms with Crippen LogP contribution in [-0.4, -0.2) is 42.5 Å². The number of nitrogens with zero attached hydrogens (tertiary/aromatic N) is 2. The maximum Gasteiger partial charge on any atom is 0.317 e. The van der Waals surface area contributed by atoms with Gasteiger partial charge >= 0.3 is 6.03 Å². The molecule has 124 valence electrons. The smallest absolute Gasteiger partial charge is 0.317 e. The lowest BCUT2D eigenvalue weighted by atomic mass is 9.86. The lowest BCUT2D eigenvalue weighted by molar-refractivity contribution is -0.117. The number of likely N-dealkylation sites (tertiary alicyclic amines) is 1. The molecule has 1 atom stereocenters. The average molecular weight is 319 g/mol. The van der Waals surface area contributed by atoms with Crippen LogP contribution in [0.3, 0.4) is 0 Å². The van der Waals surface area contributed by atoms with E-state index < -0.39 is 0 Å². The highest BCUT2D eigenvalue weighted by molar-refractivity contribution is 5.96. The number of hydrogen-bond acceptors (Lipinski definition) is 2. The molecule has 2 aliphatic heterocycles. The van der Waals surface area contributed by atoms with Gasteiger partial charge in [0.1, 0.15) is 5.82 Å². The first-order valence-corrected chi connectivity index (χ1v) is 8.00. The molecule has 1 N–H and O–H groups in total. The van der Waals surface area contributed by atoms with Gasteiger partial charge in [-0.2, -0.15) is 0 Å². The van der Waals surface area contributed by atoms with E-state index in [2.05, 4.69) is 5.32 Å². The van der Waals surface area contributed by atoms with Crippen molar-refractivity contribution >= 4 is 17.6 Å². The number of hydrogen-bond donors (Lipinski definition) is 1. The van der Waals surface area contributed by atoms with Crippen molar-refractivity contribution < 1.29 is 14.0 Å². The summed E-state index contributed by atoms with van der Waals surface area (Å²) in [5, 5.41) is 2.89. The Balaban J connectivity index is 1.71. The summed E-state index contributed by atoms with van der Waals surface area (Å²) in [6.07, 6.45) is 1.21. The normalized spacial score (nSPS) is 24.1. The molecule has 23 heavy (non-hydrogen) atoms. The van der Waals surface area contributed by atoms with E-state index in [0.29, 0.717) is 31.7 Å². The van der Waals surface area contributed by atoms with Crippen molar-refractivity contribution in [3.63, 3.8) is 0 Å². The molecule has 0 aliphatic carbocycles. The molecule has 0 unspecified atom stereocenters. The Morgan fingerprint density at radius 2 is 2.13 bits per heavy atom. The van der Waals surface area contributed by atoms with Crippen molar-refractivity contribution in [2.45, 2.75) is 32.7 Å². The molecule has 5 nitrogen and oxygen atoms in total. The zero-order valence-electron chi connectivity index (χ0n) is 13.5. The van der Waals surface area contributed by atoms with E-state index >= 15 is 0 Å². The van der Waals surface area contributed by atoms with E-state index in [1.165, 1.54) is 12.1 Å². The third-order valence-electron chi connectivity index (χ3n) is 4.58. The second kappa shape index (κ2) is 5.83. The van der Waals surface area contributed by atoms with Gasteiger partial charge in [-0.1, -0.05) is 6.07 Å². The third kappa shape index (κ3) is 3.16. The van der Waals surface area contributed by atoms with Gasteiger partial charge in [0.05, 0.1) is 0 Å². The minimum Gasteiger partial charge on any atom is -0.336 e. The lowest BCUT2D eigenvalue weighted by Gasteiger charge is -2.25. The molecule has 0 radical (unpaired) electrons. The Bertz CT molecular complexity index is 634. The van der Waals surface area contributed by atoms with E-state index in [1.807, 2.05) is 13.8 Å². The molecule has 6 heteroatoms. The van der Waals surface area contributed by atoms with Gasteiger partial charge in [0.25, 0.3) is 0 Å². The molecule has 1 aromatic carbocycles. The highest BCUT2D eigenvalue weighted by Crippen LogP contribution is 2.41. The van der Waals surface area contributed by atoms with Crippen LogP contribution < -0.4 is 10.2 Å². The summed E-state index contributed by atoms with van der Waals surface area (Å²) in [6.45, 7) is 5.62. The summed E-state index contributed by atoms with van der Waals surface area (Å²) in [5.41, 5.74) is 0.384. The fraction of sp³-hybridized carbons (Fsp3) is 0.529. The molecule has 1 aromatic rings. The minimum atomic E-state index is -0.347. The van der Waals surface area contributed by atoms with Crippen molar-refractivity contribution in [3.8, 4) is 0 Å². The number of benzene rings is 1. The molecule has 0 saturated carbocycles. The van der Waals surface area contributed by atoms with E-state index in [1.54, 1.807) is 21.9 Å². The van der Waals surface area contributed by atoms with Crippen LogP contribution in [0, 0.1) is 11.2 Å². The first-order valence-electron chi connectivity index (χ1n) is 8.00. The van der Waals surface area contributed by atoms with E-state index in [-0.39, 0.29) is 29.2 Å². The maximum absolute atomic E-state index is 13.4. The summed E-state index contributed by atoms with van der Waals surface area (Å²) in [5.74, 6) is -0.345. The third-order valence-corrected chi connectivity index (χ3v) is 4.58. The van der Waals surface area contributed by atoms with Crippen molar-refractivity contribution in [3.05, 3.63) is 30.1 Å². The molecule has 0 bridgehead atoms. The van der Waals surface area contributed by atoms with Gasteiger partial charge in [0.15, 0.2) is 0 Å². The number of anilines is 1. The van der Waals surface area contributed by atoms with E-state index in [0.717, 1.165) is 6.42 Å². The van der Waals surface area contributed by atoms with Crippen molar-refractivity contribution in [2.24, 2.45) is 5.41 Å². The van der Waals surface area contributed by atoms with Gasteiger partial charge in [-0.3, -0.25) is 4.79 Å². The average Bonchev–Trinajstić information content (AvgIpc) is 3.02. The van der Waals surface area contributed by atoms with Crippen LogP contribution in [0.4, 0.5) is 14.9 Å². The highest BCUT2D eigenvalue weighted by Gasteiger charge is 2.48. The summed E-state index contributed by atoms with van der Waals surface area (Å²) in [4.78, 5) is 28.0. The predicted molar refractivity (Wildman–Crippen MR) is 85.7 cm³/mol. The highest BCUT2D eigenvalue weighted by atomic mass is 19.1. The van der Waals surface area contributed by atoms with Crippen LogP contribution in [0.15, 0.2) is 24.3 Å². The SMILES string of the molecule is CC(C)NC(=O)N1CC[C@@]2(CC(=O)N(c3cccc(F)c3)C2)C1. The van der Waals surface area contributed by atoms with Gasteiger partial charge in [-0.15, -0.1) is 0 Å². The van der Waals surface area contributed by atoms with Gasteiger partial charge in [0, 0.05) is 43.2 Å². The van der Waals surface area contributed by atoms with Crippen molar-refractivity contribution in [1.29, 1.82) is 0 Å². The lowest BCUT2D eigenvalue weighted by Crippen LogP contribution is -2.43. The number of urea groups is 1. The summed E-state index contributed by atoms with van der Waals surface area (Å²) in [7, 11) is 0. The number of nitrogens with one attached hydrogen (secondary N) is 1. The van der Waals surface area contributed by atoms with Gasteiger partial charge in [-0.05, 0) is 38.5 Å². The largest absolute Gasteiger partial charge is 0.336 e. The Morgan fingerprint density at radius 1 is 1.35 bits per heavy atom. The minimum absolute atomic E-state index is 0.00159. The summed E-state index contributed by atoms with van der Waals surface area (Å²) in [6, 6.07) is 6.13. The van der Waals surface area contributed by atoms with Crippen LogP contribution in [0.1, 0.15) is 26.7 Å². The van der Waals surface area contributed by atoms with Crippen molar-refractivity contribution in [2.75, 3.05) is 24.5 Å². The molecule has 3 rings (SSSR count). The van der Waals surface area contributed by atoms with Gasteiger partial charge < -0.3 is 15.1 Å². The molecule has 2 aliphatic rings. The molecular formula is C17H22FN3O2. The molecule has 3 amide bonds. The molecule has 2 heterocycles. The van der Waals surface area contributed by atoms with Crippen LogP contribution in [-0.2, 0) is 4.79 Å². The predicted octanol–water partition coefficient (Wildman–Crippen LogP) is 2.37. The molecule has 1 spiro atoms. The topological polar surface area (TPSA) is 52.7 Å². The number of rotatable bonds is 2. The van der Waals surface area contributed by atoms with Crippen LogP contribution >= 0.6 is 0 Å². The van der Waals surface area contributed by atoms with E-state index in [9.17, 15) is 14.0 Å². The summed E-state index contributed by atoms with van der Waals surface area (Å²) >= 11 is 0. The van der Waals surface area contributed by atoms with E-state index in [4.69, 9.17) is 0 Å². The molecule has 2 fully saturated rings. The Kier molecular flexibility index (Phi) is 4.00. The zero-order valence-corrected chi connectivity index (χ0v) is 13.5. The quantitative estimate of drug-likeness (QED) is 0.910. The number of carbonyl (C=O) groups is 2. The maximum atomic E-state index is 13.4. The fourth-order valence-electron chi connectivity index (χ4n) is 3.50. The monoisotopic (exact) mass is 319 g/mol. The number of halogens is 1. The van der Waals surface area contributed by atoms with Gasteiger partial charge in [0.2, 0.25) is 5.91 Å². The molecular weight excluding hydrogens is 297 g/mol. The molecule has 2 saturated heterocycles. The first-order chi connectivity index (χ1) is 10.9. The summed E-state index contributed by atoms with van der Waals surface area (Å²) < 4.78 is 13.4. The standard InChI is InChI=1S/C17H22FN3O2/c1-12(2)19-16(23)20-7-6-17(10-20)9-15(22)21(11-17)14-5-3-4-13(18)8-14/h3-5,8,12H,6-7,9-11H2,1-2H3,(H,19,23)/t17-/m1/s1. The number of amides is 3. The van der Waals surface area contributed by atoms with Crippen LogP contribution in [0.2, 0.25) is 0 Å². The number of carbonyl (C=O) groups excluding carboxylic acids is 2. The van der Waals surface area contributed by atoms with Gasteiger partial charge in [-0.25, -0.2) is 9.18 Å². The zero-order chi connectivity index (χ0) is 16.6. The first kappa shape index (κ1) is 15.8. The Labute approximate surface area is 135 Å². The second-order valence-electron chi connectivity index (χ2n) is 6.91. The van der Waals surface area contributed by atoms with Crippen LogP contribution in [0.5, 0.6) is 0 Å². The molecule has 0 aromatic heterocycles. The van der Waals surface area contributed by atoms with Crippen LogP contribution in [0.25, 0.3) is 0 Å². The Hall–Kier alpha value is -2.11. The fourth-order valence-corrected chi connectivity index (χ4v) is 3.50.